The SMILES string of the molecule is O=C(O)CN1CCOCCN(CC(=O)O)CCN(CC(=O)O)CC1.[Gd]. The number of aliphatic carboxylic acids is 3. The van der Waals surface area contributed by atoms with Crippen LogP contribution in [0.5, 0.6) is 0 Å². The van der Waals surface area contributed by atoms with Crippen LogP contribution in [0.1, 0.15) is 0 Å². The first-order chi connectivity index (χ1) is 11.4. The zero-order chi connectivity index (χ0) is 17.9. The Bertz CT molecular complexity index is 409. The molecular weight excluding hydrogens is 479 g/mol. The number of carboxylic acids is 3. The van der Waals surface area contributed by atoms with Crippen LogP contribution in [0.2, 0.25) is 0 Å². The van der Waals surface area contributed by atoms with E-state index in [1.807, 2.05) is 0 Å². The van der Waals surface area contributed by atoms with Crippen molar-refractivity contribution >= 4 is 17.9 Å². The third kappa shape index (κ3) is 12.5. The van der Waals surface area contributed by atoms with Gasteiger partial charge < -0.3 is 20.1 Å². The summed E-state index contributed by atoms with van der Waals surface area (Å²) < 4.78 is 5.44. The van der Waals surface area contributed by atoms with Crippen LogP contribution in [0.4, 0.5) is 0 Å². The minimum Gasteiger partial charge on any atom is -0.480 e. The Morgan fingerprint density at radius 1 is 0.640 bits per heavy atom. The summed E-state index contributed by atoms with van der Waals surface area (Å²) in [4.78, 5) is 37.9. The largest absolute Gasteiger partial charge is 0.480 e. The molecule has 1 saturated heterocycles. The number of hydrogen-bond donors (Lipinski definition) is 3. The molecule has 0 aromatic heterocycles. The van der Waals surface area contributed by atoms with Gasteiger partial charge in [-0.15, -0.1) is 0 Å². The molecule has 0 radical (unpaired) electrons. The van der Waals surface area contributed by atoms with Gasteiger partial charge in [0.1, 0.15) is 0 Å². The van der Waals surface area contributed by atoms with Gasteiger partial charge in [-0.05, 0) is 0 Å². The minimum absolute atomic E-state index is 0. The maximum atomic E-state index is 11.0. The van der Waals surface area contributed by atoms with E-state index in [0.29, 0.717) is 52.5 Å². The Morgan fingerprint density at radius 2 is 0.920 bits per heavy atom. The van der Waals surface area contributed by atoms with Gasteiger partial charge in [-0.25, -0.2) is 0 Å². The number of hydrogen-bond acceptors (Lipinski definition) is 7. The Kier molecular flexibility index (Phi) is 13.5. The van der Waals surface area contributed by atoms with E-state index in [-0.39, 0.29) is 59.6 Å². The zero-order valence-electron chi connectivity index (χ0n) is 13.9. The van der Waals surface area contributed by atoms with Crippen molar-refractivity contribution in [3.05, 3.63) is 0 Å². The van der Waals surface area contributed by atoms with Crippen LogP contribution in [0.15, 0.2) is 0 Å². The molecule has 146 valence electrons. The molecule has 1 rings (SSSR count). The monoisotopic (exact) mass is 505 g/mol. The van der Waals surface area contributed by atoms with Crippen LogP contribution in [0, 0.1) is 39.9 Å². The van der Waals surface area contributed by atoms with Crippen molar-refractivity contribution in [1.82, 2.24) is 14.7 Å². The predicted octanol–water partition coefficient (Wildman–Crippen LogP) is -1.82. The summed E-state index contributed by atoms with van der Waals surface area (Å²) in [5.41, 5.74) is 0. The van der Waals surface area contributed by atoms with Gasteiger partial charge in [0.15, 0.2) is 0 Å². The molecule has 1 aliphatic heterocycles. The summed E-state index contributed by atoms with van der Waals surface area (Å²) in [7, 11) is 0. The number of nitrogens with zero attached hydrogens (tertiary/aromatic N) is 3. The van der Waals surface area contributed by atoms with Gasteiger partial charge in [-0.2, -0.15) is 0 Å². The molecule has 0 bridgehead atoms. The van der Waals surface area contributed by atoms with Crippen molar-refractivity contribution < 1.29 is 74.4 Å². The first-order valence-electron chi connectivity index (χ1n) is 7.77. The van der Waals surface area contributed by atoms with Gasteiger partial charge in [0, 0.05) is 79.2 Å². The van der Waals surface area contributed by atoms with Crippen LogP contribution in [-0.2, 0) is 19.1 Å². The quantitative estimate of drug-likeness (QED) is 0.380. The molecule has 0 aliphatic carbocycles. The van der Waals surface area contributed by atoms with E-state index < -0.39 is 17.9 Å². The Labute approximate surface area is 178 Å². The first-order valence-corrected chi connectivity index (χ1v) is 7.77. The van der Waals surface area contributed by atoms with Gasteiger partial charge in [0.05, 0.1) is 32.8 Å². The summed E-state index contributed by atoms with van der Waals surface area (Å²) in [6.07, 6.45) is 0. The number of carboxylic acid groups (broad SMARTS) is 3. The molecule has 1 aliphatic rings. The van der Waals surface area contributed by atoms with Gasteiger partial charge in [-0.3, -0.25) is 29.1 Å². The normalized spacial score (nSPS) is 19.2. The van der Waals surface area contributed by atoms with Crippen molar-refractivity contribution in [3.8, 4) is 0 Å². The maximum absolute atomic E-state index is 11.0. The molecule has 0 atom stereocenters. The van der Waals surface area contributed by atoms with E-state index in [1.54, 1.807) is 14.7 Å². The molecule has 0 unspecified atom stereocenters. The Morgan fingerprint density at radius 3 is 1.20 bits per heavy atom. The van der Waals surface area contributed by atoms with Crippen molar-refractivity contribution in [3.63, 3.8) is 0 Å². The molecule has 11 heteroatoms. The topological polar surface area (TPSA) is 131 Å². The fourth-order valence-corrected chi connectivity index (χ4v) is 2.44. The fourth-order valence-electron chi connectivity index (χ4n) is 2.44. The molecule has 1 heterocycles. The fraction of sp³-hybridized carbons (Fsp3) is 0.786. The van der Waals surface area contributed by atoms with Crippen LogP contribution in [-0.4, -0.2) is 120 Å². The standard InChI is InChI=1S/C14H25N3O7.Gd/c18-12(19)9-15-1-3-16(10-13(20)21)5-7-24-8-6-17(4-2-15)11-14(22)23;/h1-11H2,(H,18,19)(H,20,21)(H,22,23);. The minimum atomic E-state index is -0.972. The number of rotatable bonds is 6. The van der Waals surface area contributed by atoms with Crippen molar-refractivity contribution in [2.24, 2.45) is 0 Å². The third-order valence-electron chi connectivity index (χ3n) is 3.65. The molecule has 10 nitrogen and oxygen atoms in total. The molecule has 0 saturated carbocycles. The molecule has 0 aromatic carbocycles. The predicted molar refractivity (Wildman–Crippen MR) is 83.0 cm³/mol. The van der Waals surface area contributed by atoms with Crippen LogP contribution < -0.4 is 0 Å². The Balaban J connectivity index is 0.00000576. The molecule has 0 spiro atoms. The molecule has 3 N–H and O–H groups in total. The van der Waals surface area contributed by atoms with Gasteiger partial charge in [-0.1, -0.05) is 0 Å². The van der Waals surface area contributed by atoms with Crippen molar-refractivity contribution in [2.75, 3.05) is 72.1 Å². The van der Waals surface area contributed by atoms with Crippen LogP contribution in [0.3, 0.4) is 0 Å². The van der Waals surface area contributed by atoms with Crippen LogP contribution >= 0.6 is 0 Å². The maximum Gasteiger partial charge on any atom is 0.317 e. The van der Waals surface area contributed by atoms with E-state index >= 15 is 0 Å². The van der Waals surface area contributed by atoms with E-state index in [4.69, 9.17) is 20.1 Å². The second-order valence-electron chi connectivity index (χ2n) is 5.62. The van der Waals surface area contributed by atoms with E-state index in [1.165, 1.54) is 0 Å². The molecule has 0 amide bonds. The van der Waals surface area contributed by atoms with Crippen LogP contribution in [0.25, 0.3) is 0 Å². The van der Waals surface area contributed by atoms with Crippen molar-refractivity contribution in [2.45, 2.75) is 0 Å². The number of ether oxygens (including phenoxy) is 1. The summed E-state index contributed by atoms with van der Waals surface area (Å²) in [6.45, 7) is 2.69. The molecule has 0 aromatic rings. The molecule has 1 fully saturated rings. The van der Waals surface area contributed by atoms with Gasteiger partial charge in [0.2, 0.25) is 0 Å². The van der Waals surface area contributed by atoms with E-state index in [2.05, 4.69) is 0 Å². The summed E-state index contributed by atoms with van der Waals surface area (Å²) in [6, 6.07) is 0. The number of carbonyl (C=O) groups is 3. The average molecular weight is 505 g/mol. The first kappa shape index (κ1) is 24.6. The third-order valence-corrected chi connectivity index (χ3v) is 3.65. The van der Waals surface area contributed by atoms with Gasteiger partial charge in [0.25, 0.3) is 0 Å². The van der Waals surface area contributed by atoms with Crippen molar-refractivity contribution in [1.29, 1.82) is 0 Å². The molecule has 25 heavy (non-hydrogen) atoms. The Hall–Kier alpha value is -0.425. The van der Waals surface area contributed by atoms with E-state index in [9.17, 15) is 14.4 Å². The summed E-state index contributed by atoms with van der Waals surface area (Å²) in [5.74, 6) is -2.86. The average Bonchev–Trinajstić information content (AvgIpc) is 2.45. The van der Waals surface area contributed by atoms with Gasteiger partial charge >= 0.3 is 17.9 Å². The molecular formula is C14H25GdN3O7. The second-order valence-corrected chi connectivity index (χ2v) is 5.62. The summed E-state index contributed by atoms with van der Waals surface area (Å²) >= 11 is 0. The summed E-state index contributed by atoms with van der Waals surface area (Å²) in [5, 5.41) is 26.9. The second kappa shape index (κ2) is 13.7. The van der Waals surface area contributed by atoms with E-state index in [0.717, 1.165) is 0 Å². The zero-order valence-corrected chi connectivity index (χ0v) is 16.2. The smallest absolute Gasteiger partial charge is 0.317 e.